The molecule has 128 valence electrons. The van der Waals surface area contributed by atoms with Gasteiger partial charge in [0.1, 0.15) is 11.6 Å². The van der Waals surface area contributed by atoms with Crippen molar-refractivity contribution in [2.24, 2.45) is 0 Å². The van der Waals surface area contributed by atoms with Crippen LogP contribution in [0.5, 0.6) is 0 Å². The van der Waals surface area contributed by atoms with E-state index in [-0.39, 0.29) is 5.82 Å². The number of fused-ring (bicyclic) bond motifs is 1. The average Bonchev–Trinajstić information content (AvgIpc) is 2.68. The van der Waals surface area contributed by atoms with Crippen LogP contribution in [0.4, 0.5) is 16.2 Å². The summed E-state index contributed by atoms with van der Waals surface area (Å²) in [6.07, 6.45) is 7.13. The maximum absolute atomic E-state index is 13.1. The Balaban J connectivity index is 1.64. The lowest BCUT2D eigenvalue weighted by atomic mass is 10.1. The van der Waals surface area contributed by atoms with E-state index in [1.165, 1.54) is 31.4 Å². The first kappa shape index (κ1) is 15.7. The van der Waals surface area contributed by atoms with Gasteiger partial charge < -0.3 is 10.2 Å². The lowest BCUT2D eigenvalue weighted by molar-refractivity contribution is 0.569. The molecule has 1 saturated heterocycles. The minimum atomic E-state index is -0.227. The van der Waals surface area contributed by atoms with Crippen LogP contribution in [0.15, 0.2) is 42.7 Å². The fourth-order valence-electron chi connectivity index (χ4n) is 3.13. The summed E-state index contributed by atoms with van der Waals surface area (Å²) in [5.74, 6) is 1.31. The molecule has 0 spiro atoms. The van der Waals surface area contributed by atoms with Gasteiger partial charge in [-0.2, -0.15) is 4.98 Å². The van der Waals surface area contributed by atoms with Crippen molar-refractivity contribution in [1.29, 1.82) is 0 Å². The molecule has 2 aromatic heterocycles. The summed E-state index contributed by atoms with van der Waals surface area (Å²) in [7, 11) is 0. The number of nitrogens with one attached hydrogen (secondary N) is 1. The Bertz CT molecular complexity index is 859. The first-order valence-electron chi connectivity index (χ1n) is 8.65. The molecular formula is C19H20FN5. The second kappa shape index (κ2) is 7.01. The second-order valence-electron chi connectivity index (χ2n) is 6.29. The molecule has 3 heterocycles. The van der Waals surface area contributed by atoms with E-state index in [9.17, 15) is 4.39 Å². The molecule has 3 aromatic rings. The summed E-state index contributed by atoms with van der Waals surface area (Å²) in [5, 5.41) is 4.32. The van der Waals surface area contributed by atoms with Gasteiger partial charge in [0.15, 0.2) is 0 Å². The zero-order valence-electron chi connectivity index (χ0n) is 14.0. The topological polar surface area (TPSA) is 53.9 Å². The van der Waals surface area contributed by atoms with Crippen molar-refractivity contribution in [3.8, 4) is 0 Å². The Morgan fingerprint density at radius 1 is 1.00 bits per heavy atom. The summed E-state index contributed by atoms with van der Waals surface area (Å²) in [4.78, 5) is 15.9. The Labute approximate surface area is 145 Å². The SMILES string of the molecule is Fc1ccc(CNc2nc(N3CCCCC3)nc3cnccc23)cc1. The Kier molecular flexibility index (Phi) is 4.41. The molecule has 1 aromatic carbocycles. The maximum Gasteiger partial charge on any atom is 0.227 e. The highest BCUT2D eigenvalue weighted by Crippen LogP contribution is 2.25. The number of rotatable bonds is 4. The first-order valence-corrected chi connectivity index (χ1v) is 8.65. The van der Waals surface area contributed by atoms with E-state index in [2.05, 4.69) is 20.2 Å². The third-order valence-electron chi connectivity index (χ3n) is 4.50. The Morgan fingerprint density at radius 2 is 1.80 bits per heavy atom. The van der Waals surface area contributed by atoms with E-state index in [4.69, 9.17) is 4.98 Å². The van der Waals surface area contributed by atoms with Crippen molar-refractivity contribution in [3.05, 3.63) is 54.1 Å². The van der Waals surface area contributed by atoms with Gasteiger partial charge in [0, 0.05) is 31.2 Å². The quantitative estimate of drug-likeness (QED) is 0.785. The number of aromatic nitrogens is 3. The van der Waals surface area contributed by atoms with Gasteiger partial charge >= 0.3 is 0 Å². The number of anilines is 2. The molecule has 5 nitrogen and oxygen atoms in total. The third-order valence-corrected chi connectivity index (χ3v) is 4.50. The van der Waals surface area contributed by atoms with Gasteiger partial charge in [-0.25, -0.2) is 9.37 Å². The molecule has 0 saturated carbocycles. The highest BCUT2D eigenvalue weighted by molar-refractivity contribution is 5.89. The molecular weight excluding hydrogens is 317 g/mol. The largest absolute Gasteiger partial charge is 0.365 e. The molecule has 0 radical (unpaired) electrons. The molecule has 0 bridgehead atoms. The van der Waals surface area contributed by atoms with Crippen molar-refractivity contribution in [3.63, 3.8) is 0 Å². The van der Waals surface area contributed by atoms with E-state index < -0.39 is 0 Å². The Hall–Kier alpha value is -2.76. The summed E-state index contributed by atoms with van der Waals surface area (Å²) < 4.78 is 13.1. The van der Waals surface area contributed by atoms with Crippen LogP contribution >= 0.6 is 0 Å². The molecule has 0 aliphatic carbocycles. The summed E-state index contributed by atoms with van der Waals surface area (Å²) in [5.41, 5.74) is 1.83. The fraction of sp³-hybridized carbons (Fsp3) is 0.316. The maximum atomic E-state index is 13.1. The van der Waals surface area contributed by atoms with Crippen LogP contribution in [-0.4, -0.2) is 28.0 Å². The average molecular weight is 337 g/mol. The molecule has 6 heteroatoms. The molecule has 4 rings (SSSR count). The van der Waals surface area contributed by atoms with Gasteiger partial charge in [-0.15, -0.1) is 0 Å². The van der Waals surface area contributed by atoms with Crippen molar-refractivity contribution < 1.29 is 4.39 Å². The van der Waals surface area contributed by atoms with Gasteiger partial charge in [0.25, 0.3) is 0 Å². The molecule has 1 fully saturated rings. The van der Waals surface area contributed by atoms with Crippen molar-refractivity contribution in [2.75, 3.05) is 23.3 Å². The molecule has 25 heavy (non-hydrogen) atoms. The minimum Gasteiger partial charge on any atom is -0.365 e. The van der Waals surface area contributed by atoms with Crippen molar-refractivity contribution in [2.45, 2.75) is 25.8 Å². The molecule has 1 aliphatic rings. The van der Waals surface area contributed by atoms with Gasteiger partial charge in [-0.3, -0.25) is 4.98 Å². The highest BCUT2D eigenvalue weighted by Gasteiger charge is 2.16. The van der Waals surface area contributed by atoms with Gasteiger partial charge in [-0.05, 0) is 43.0 Å². The number of hydrogen-bond donors (Lipinski definition) is 1. The highest BCUT2D eigenvalue weighted by atomic mass is 19.1. The van der Waals surface area contributed by atoms with E-state index >= 15 is 0 Å². The van der Waals surface area contributed by atoms with E-state index in [0.717, 1.165) is 41.3 Å². The number of nitrogens with zero attached hydrogens (tertiary/aromatic N) is 4. The van der Waals surface area contributed by atoms with E-state index in [1.54, 1.807) is 24.5 Å². The lowest BCUT2D eigenvalue weighted by Gasteiger charge is -2.27. The summed E-state index contributed by atoms with van der Waals surface area (Å²) >= 11 is 0. The number of hydrogen-bond acceptors (Lipinski definition) is 5. The summed E-state index contributed by atoms with van der Waals surface area (Å²) in [6, 6.07) is 8.41. The normalized spacial score (nSPS) is 14.7. The monoisotopic (exact) mass is 337 g/mol. The zero-order chi connectivity index (χ0) is 17.1. The van der Waals surface area contributed by atoms with Crippen LogP contribution in [-0.2, 0) is 6.54 Å². The smallest absolute Gasteiger partial charge is 0.227 e. The first-order chi connectivity index (χ1) is 12.3. The fourth-order valence-corrected chi connectivity index (χ4v) is 3.13. The van der Waals surface area contributed by atoms with Gasteiger partial charge in [0.2, 0.25) is 5.95 Å². The lowest BCUT2D eigenvalue weighted by Crippen LogP contribution is -2.31. The van der Waals surface area contributed by atoms with Gasteiger partial charge in [-0.1, -0.05) is 12.1 Å². The van der Waals surface area contributed by atoms with E-state index in [0.29, 0.717) is 6.54 Å². The second-order valence-corrected chi connectivity index (χ2v) is 6.29. The molecule has 1 aliphatic heterocycles. The zero-order valence-corrected chi connectivity index (χ0v) is 14.0. The summed E-state index contributed by atoms with van der Waals surface area (Å²) in [6.45, 7) is 2.56. The molecule has 0 atom stereocenters. The van der Waals surface area contributed by atoms with Crippen molar-refractivity contribution in [1.82, 2.24) is 15.0 Å². The number of benzene rings is 1. The number of pyridine rings is 1. The third kappa shape index (κ3) is 3.52. The van der Waals surface area contributed by atoms with Crippen LogP contribution in [0.3, 0.4) is 0 Å². The molecule has 0 unspecified atom stereocenters. The Morgan fingerprint density at radius 3 is 2.60 bits per heavy atom. The number of piperidine rings is 1. The van der Waals surface area contributed by atoms with Crippen LogP contribution in [0.25, 0.3) is 10.9 Å². The standard InChI is InChI=1S/C19H20FN5/c20-15-6-4-14(5-7-15)12-22-18-16-8-9-21-13-17(16)23-19(24-18)25-10-2-1-3-11-25/h4-9,13H,1-3,10-12H2,(H,22,23,24). The minimum absolute atomic E-state index is 0.227. The predicted octanol–water partition coefficient (Wildman–Crippen LogP) is 3.77. The number of halogens is 1. The molecule has 1 N–H and O–H groups in total. The van der Waals surface area contributed by atoms with E-state index in [1.807, 2.05) is 6.07 Å². The van der Waals surface area contributed by atoms with Crippen LogP contribution < -0.4 is 10.2 Å². The predicted molar refractivity (Wildman–Crippen MR) is 97.1 cm³/mol. The van der Waals surface area contributed by atoms with Crippen LogP contribution in [0.1, 0.15) is 24.8 Å². The van der Waals surface area contributed by atoms with Crippen LogP contribution in [0.2, 0.25) is 0 Å². The van der Waals surface area contributed by atoms with Crippen LogP contribution in [0, 0.1) is 5.82 Å². The van der Waals surface area contributed by atoms with Gasteiger partial charge in [0.05, 0.1) is 11.7 Å². The van der Waals surface area contributed by atoms with Crippen molar-refractivity contribution >= 4 is 22.7 Å². The molecule has 0 amide bonds.